The van der Waals surface area contributed by atoms with Gasteiger partial charge in [0.1, 0.15) is 0 Å². The number of amides is 1. The monoisotopic (exact) mass is 353 g/mol. The van der Waals surface area contributed by atoms with Crippen molar-refractivity contribution in [2.24, 2.45) is 5.92 Å². The number of rotatable bonds is 6. The van der Waals surface area contributed by atoms with Gasteiger partial charge in [0.2, 0.25) is 5.91 Å². The summed E-state index contributed by atoms with van der Waals surface area (Å²) < 4.78 is 0. The lowest BCUT2D eigenvalue weighted by molar-refractivity contribution is -0.132. The molecule has 2 nitrogen and oxygen atoms in total. The summed E-state index contributed by atoms with van der Waals surface area (Å²) in [5.41, 5.74) is 2.69. The molecule has 0 aromatic heterocycles. The highest BCUT2D eigenvalue weighted by molar-refractivity contribution is 7.99. The van der Waals surface area contributed by atoms with Crippen LogP contribution in [0.2, 0.25) is 0 Å². The summed E-state index contributed by atoms with van der Waals surface area (Å²) >= 11 is 1.78. The second-order valence-electron chi connectivity index (χ2n) is 6.93. The lowest BCUT2D eigenvalue weighted by atomic mass is 9.90. The molecule has 0 N–H and O–H groups in total. The minimum Gasteiger partial charge on any atom is -0.343 e. The number of hydrogen-bond donors (Lipinski definition) is 0. The molecule has 0 aliphatic carbocycles. The van der Waals surface area contributed by atoms with E-state index < -0.39 is 0 Å². The Morgan fingerprint density at radius 3 is 2.40 bits per heavy atom. The molecule has 0 atom stereocenters. The highest BCUT2D eigenvalue weighted by Crippen LogP contribution is 2.23. The van der Waals surface area contributed by atoms with Crippen molar-refractivity contribution in [3.63, 3.8) is 0 Å². The van der Waals surface area contributed by atoms with E-state index in [1.54, 1.807) is 11.8 Å². The van der Waals surface area contributed by atoms with Gasteiger partial charge in [0.05, 0.1) is 0 Å². The van der Waals surface area contributed by atoms with Gasteiger partial charge >= 0.3 is 0 Å². The minimum absolute atomic E-state index is 0.317. The third kappa shape index (κ3) is 5.64. The molecule has 0 bridgehead atoms. The van der Waals surface area contributed by atoms with Crippen molar-refractivity contribution in [2.45, 2.75) is 37.5 Å². The van der Waals surface area contributed by atoms with E-state index in [2.05, 4.69) is 66.4 Å². The summed E-state index contributed by atoms with van der Waals surface area (Å²) in [6.07, 6.45) is 4.05. The fourth-order valence-corrected chi connectivity index (χ4v) is 4.22. The van der Waals surface area contributed by atoms with Gasteiger partial charge in [-0.15, -0.1) is 11.8 Å². The van der Waals surface area contributed by atoms with Gasteiger partial charge < -0.3 is 4.90 Å². The largest absolute Gasteiger partial charge is 0.343 e. The average molecular weight is 354 g/mol. The number of piperidine rings is 1. The molecule has 1 aliphatic rings. The topological polar surface area (TPSA) is 20.3 Å². The maximum absolute atomic E-state index is 12.4. The molecule has 1 fully saturated rings. The van der Waals surface area contributed by atoms with Gasteiger partial charge in [0, 0.05) is 30.2 Å². The molecular formula is C22H27NOS. The van der Waals surface area contributed by atoms with E-state index in [-0.39, 0.29) is 0 Å². The third-order valence-corrected chi connectivity index (χ3v) is 5.95. The molecular weight excluding hydrogens is 326 g/mol. The first-order valence-electron chi connectivity index (χ1n) is 9.22. The van der Waals surface area contributed by atoms with Gasteiger partial charge in [-0.25, -0.2) is 0 Å². The van der Waals surface area contributed by atoms with E-state index in [9.17, 15) is 4.79 Å². The quantitative estimate of drug-likeness (QED) is 0.684. The van der Waals surface area contributed by atoms with Crippen LogP contribution in [0.15, 0.2) is 59.5 Å². The zero-order valence-electron chi connectivity index (χ0n) is 15.0. The first-order chi connectivity index (χ1) is 12.2. The summed E-state index contributed by atoms with van der Waals surface area (Å²) in [4.78, 5) is 15.7. The highest BCUT2D eigenvalue weighted by Gasteiger charge is 2.22. The number of nitrogens with zero attached hydrogens (tertiary/aromatic N) is 1. The summed E-state index contributed by atoms with van der Waals surface area (Å²) in [6, 6.07) is 19.2. The third-order valence-electron chi connectivity index (χ3n) is 4.94. The molecule has 0 radical (unpaired) electrons. The molecule has 3 rings (SSSR count). The van der Waals surface area contributed by atoms with Crippen LogP contribution >= 0.6 is 11.8 Å². The van der Waals surface area contributed by atoms with Crippen LogP contribution in [0.1, 0.15) is 30.4 Å². The molecule has 2 aromatic carbocycles. The summed E-state index contributed by atoms with van der Waals surface area (Å²) in [6.45, 7) is 3.94. The number of benzene rings is 2. The molecule has 132 valence electrons. The maximum Gasteiger partial charge on any atom is 0.223 e. The fourth-order valence-electron chi connectivity index (χ4n) is 3.38. The minimum atomic E-state index is 0.317. The fraction of sp³-hybridized carbons (Fsp3) is 0.409. The predicted molar refractivity (Wildman–Crippen MR) is 106 cm³/mol. The second kappa shape index (κ2) is 9.10. The van der Waals surface area contributed by atoms with Gasteiger partial charge in [-0.1, -0.05) is 48.0 Å². The predicted octanol–water partition coefficient (Wildman–Crippen LogP) is 4.96. The van der Waals surface area contributed by atoms with Gasteiger partial charge in [0.15, 0.2) is 0 Å². The smallest absolute Gasteiger partial charge is 0.223 e. The van der Waals surface area contributed by atoms with E-state index >= 15 is 0 Å². The number of carbonyl (C=O) groups excluding carboxylic acids is 1. The zero-order valence-corrected chi connectivity index (χ0v) is 15.8. The number of carbonyl (C=O) groups is 1. The van der Waals surface area contributed by atoms with Gasteiger partial charge in [-0.2, -0.15) is 0 Å². The molecule has 1 saturated heterocycles. The van der Waals surface area contributed by atoms with E-state index in [1.807, 2.05) is 0 Å². The van der Waals surface area contributed by atoms with Crippen LogP contribution in [0.5, 0.6) is 0 Å². The van der Waals surface area contributed by atoms with Gasteiger partial charge in [0.25, 0.3) is 0 Å². The highest BCUT2D eigenvalue weighted by atomic mass is 32.2. The first-order valence-corrected chi connectivity index (χ1v) is 10.2. The zero-order chi connectivity index (χ0) is 17.5. The number of hydrogen-bond acceptors (Lipinski definition) is 2. The van der Waals surface area contributed by atoms with Crippen LogP contribution in [-0.2, 0) is 11.2 Å². The van der Waals surface area contributed by atoms with Crippen LogP contribution in [0.25, 0.3) is 0 Å². The summed E-state index contributed by atoms with van der Waals surface area (Å²) in [5.74, 6) is 1.90. The Morgan fingerprint density at radius 2 is 1.72 bits per heavy atom. The lowest BCUT2D eigenvalue weighted by Gasteiger charge is -2.32. The summed E-state index contributed by atoms with van der Waals surface area (Å²) in [5, 5.41) is 0. The Kier molecular flexibility index (Phi) is 6.57. The average Bonchev–Trinajstić information content (AvgIpc) is 2.65. The number of likely N-dealkylation sites (tertiary alicyclic amines) is 1. The Labute approximate surface area is 155 Å². The van der Waals surface area contributed by atoms with Crippen molar-refractivity contribution in [1.29, 1.82) is 0 Å². The molecule has 0 unspecified atom stereocenters. The Balaban J connectivity index is 1.37. The summed E-state index contributed by atoms with van der Waals surface area (Å²) in [7, 11) is 0. The Morgan fingerprint density at radius 1 is 1.04 bits per heavy atom. The molecule has 1 aliphatic heterocycles. The van der Waals surface area contributed by atoms with Crippen LogP contribution in [-0.4, -0.2) is 29.6 Å². The van der Waals surface area contributed by atoms with Gasteiger partial charge in [-0.3, -0.25) is 4.79 Å². The van der Waals surface area contributed by atoms with Crippen LogP contribution in [0, 0.1) is 12.8 Å². The lowest BCUT2D eigenvalue weighted by Crippen LogP contribution is -2.39. The Bertz CT molecular complexity index is 660. The first kappa shape index (κ1) is 18.1. The maximum atomic E-state index is 12.4. The molecule has 0 saturated carbocycles. The van der Waals surface area contributed by atoms with Crippen molar-refractivity contribution in [3.05, 3.63) is 65.7 Å². The Hall–Kier alpha value is -1.74. The van der Waals surface area contributed by atoms with Crippen LogP contribution < -0.4 is 0 Å². The molecule has 0 spiro atoms. The van der Waals surface area contributed by atoms with Gasteiger partial charge in [-0.05, 0) is 49.8 Å². The number of aryl methyl sites for hydroxylation is 1. The SMILES string of the molecule is Cc1ccc(SCCC(=O)N2CCC(Cc3ccccc3)CC2)cc1. The molecule has 25 heavy (non-hydrogen) atoms. The van der Waals surface area contributed by atoms with Crippen LogP contribution in [0.4, 0.5) is 0 Å². The van der Waals surface area contributed by atoms with Crippen molar-refractivity contribution in [2.75, 3.05) is 18.8 Å². The van der Waals surface area contributed by atoms with Crippen molar-refractivity contribution in [3.8, 4) is 0 Å². The van der Waals surface area contributed by atoms with Crippen molar-refractivity contribution >= 4 is 17.7 Å². The van der Waals surface area contributed by atoms with E-state index in [1.165, 1.54) is 16.0 Å². The number of thioether (sulfide) groups is 1. The molecule has 1 amide bonds. The molecule has 1 heterocycles. The normalized spacial score (nSPS) is 15.3. The molecule has 3 heteroatoms. The van der Waals surface area contributed by atoms with E-state index in [4.69, 9.17) is 0 Å². The van der Waals surface area contributed by atoms with E-state index in [0.29, 0.717) is 18.2 Å². The van der Waals surface area contributed by atoms with Crippen LogP contribution in [0.3, 0.4) is 0 Å². The second-order valence-corrected chi connectivity index (χ2v) is 8.09. The van der Waals surface area contributed by atoms with Crippen molar-refractivity contribution < 1.29 is 4.79 Å². The van der Waals surface area contributed by atoms with E-state index in [0.717, 1.165) is 38.1 Å². The van der Waals surface area contributed by atoms with Crippen molar-refractivity contribution in [1.82, 2.24) is 4.90 Å². The molecule has 2 aromatic rings. The standard InChI is InChI=1S/C22H27NOS/c1-18-7-9-21(10-8-18)25-16-13-22(24)23-14-11-20(12-15-23)17-19-5-3-2-4-6-19/h2-10,20H,11-17H2,1H3.